The third-order valence-electron chi connectivity index (χ3n) is 6.56. The van der Waals surface area contributed by atoms with Gasteiger partial charge in [-0.2, -0.15) is 24.3 Å². The van der Waals surface area contributed by atoms with Crippen LogP contribution in [0.3, 0.4) is 0 Å². The zero-order valence-corrected chi connectivity index (χ0v) is 20.8. The van der Waals surface area contributed by atoms with Crippen molar-refractivity contribution in [2.45, 2.75) is 0 Å². The average molecular weight is 491 g/mol. The SMILES string of the molecule is [Y].[c-]1ccc2ccccc2c1-c1[c-]ccc2cc3cc4cc5ccccc5cc4cc3cc12. The van der Waals surface area contributed by atoms with E-state index in [0.29, 0.717) is 0 Å². The van der Waals surface area contributed by atoms with Crippen molar-refractivity contribution in [3.8, 4) is 11.1 Å². The number of benzene rings is 7. The van der Waals surface area contributed by atoms with Crippen LogP contribution in [0.5, 0.6) is 0 Å². The molecule has 0 fully saturated rings. The molecule has 0 amide bonds. The van der Waals surface area contributed by atoms with E-state index in [2.05, 4.69) is 109 Å². The van der Waals surface area contributed by atoms with Crippen molar-refractivity contribution in [2.24, 2.45) is 0 Å². The van der Waals surface area contributed by atoms with E-state index in [4.69, 9.17) is 0 Å². The Morgan fingerprint density at radius 1 is 0.364 bits per heavy atom. The van der Waals surface area contributed by atoms with Gasteiger partial charge >= 0.3 is 0 Å². The van der Waals surface area contributed by atoms with Crippen molar-refractivity contribution in [1.29, 1.82) is 0 Å². The van der Waals surface area contributed by atoms with Gasteiger partial charge in [0.1, 0.15) is 0 Å². The number of hydrogen-bond acceptors (Lipinski definition) is 0. The Kier molecular flexibility index (Phi) is 5.02. The first-order valence-electron chi connectivity index (χ1n) is 10.9. The zero-order valence-electron chi connectivity index (χ0n) is 18.0. The van der Waals surface area contributed by atoms with E-state index < -0.39 is 0 Å². The van der Waals surface area contributed by atoms with Crippen molar-refractivity contribution in [3.05, 3.63) is 121 Å². The van der Waals surface area contributed by atoms with E-state index in [1.807, 2.05) is 12.1 Å². The van der Waals surface area contributed by atoms with E-state index in [0.717, 1.165) is 11.1 Å². The average Bonchev–Trinajstić information content (AvgIpc) is 2.84. The molecule has 0 aliphatic rings. The molecule has 0 atom stereocenters. The Bertz CT molecular complexity index is 1820. The van der Waals surface area contributed by atoms with Gasteiger partial charge in [-0.25, -0.2) is 11.1 Å². The summed E-state index contributed by atoms with van der Waals surface area (Å²) < 4.78 is 0. The largest absolute Gasteiger partial charge is 0.218 e. The molecule has 0 nitrogen and oxygen atoms in total. The second kappa shape index (κ2) is 8.06. The van der Waals surface area contributed by atoms with Gasteiger partial charge in [0.15, 0.2) is 0 Å². The van der Waals surface area contributed by atoms with Crippen molar-refractivity contribution in [1.82, 2.24) is 0 Å². The molecular weight excluding hydrogens is 473 g/mol. The molecule has 7 rings (SSSR count). The first kappa shape index (κ1) is 20.5. The number of rotatable bonds is 1. The minimum absolute atomic E-state index is 0. The third-order valence-corrected chi connectivity index (χ3v) is 6.56. The van der Waals surface area contributed by atoms with E-state index in [-0.39, 0.29) is 32.7 Å². The van der Waals surface area contributed by atoms with Gasteiger partial charge in [-0.05, 0) is 56.6 Å². The van der Waals surface area contributed by atoms with E-state index >= 15 is 0 Å². The molecule has 0 saturated carbocycles. The van der Waals surface area contributed by atoms with Crippen LogP contribution in [0.1, 0.15) is 0 Å². The van der Waals surface area contributed by atoms with Crippen LogP contribution in [0.15, 0.2) is 109 Å². The van der Waals surface area contributed by atoms with Crippen molar-refractivity contribution >= 4 is 53.9 Å². The minimum atomic E-state index is 0. The summed E-state index contributed by atoms with van der Waals surface area (Å²) >= 11 is 0. The molecule has 7 aromatic rings. The maximum absolute atomic E-state index is 3.51. The summed E-state index contributed by atoms with van der Waals surface area (Å²) in [6.07, 6.45) is 0. The topological polar surface area (TPSA) is 0 Å². The van der Waals surface area contributed by atoms with Crippen LogP contribution in [0, 0.1) is 12.1 Å². The van der Waals surface area contributed by atoms with Crippen LogP contribution < -0.4 is 0 Å². The maximum Gasteiger partial charge on any atom is 0 e. The van der Waals surface area contributed by atoms with Gasteiger partial charge in [0.25, 0.3) is 0 Å². The fraction of sp³-hybridized carbons (Fsp3) is 0. The predicted molar refractivity (Wildman–Crippen MR) is 137 cm³/mol. The summed E-state index contributed by atoms with van der Waals surface area (Å²) in [5, 5.41) is 12.5. The van der Waals surface area contributed by atoms with Crippen LogP contribution in [0.25, 0.3) is 65.0 Å². The molecule has 0 N–H and O–H groups in total. The van der Waals surface area contributed by atoms with Crippen LogP contribution in [0.4, 0.5) is 0 Å². The molecule has 7 aromatic carbocycles. The van der Waals surface area contributed by atoms with Gasteiger partial charge in [-0.1, -0.05) is 54.6 Å². The quantitative estimate of drug-likeness (QED) is 0.159. The molecular formula is C32H18Y-2. The number of fused-ring (bicyclic) bond motifs is 5. The van der Waals surface area contributed by atoms with Gasteiger partial charge < -0.3 is 0 Å². The fourth-order valence-corrected chi connectivity index (χ4v) is 4.98. The van der Waals surface area contributed by atoms with Crippen LogP contribution in [0.2, 0.25) is 0 Å². The molecule has 33 heavy (non-hydrogen) atoms. The molecule has 0 heterocycles. The Balaban J connectivity index is 0.00000206. The summed E-state index contributed by atoms with van der Waals surface area (Å²) in [7, 11) is 0. The molecule has 0 bridgehead atoms. The summed E-state index contributed by atoms with van der Waals surface area (Å²) in [6.45, 7) is 0. The van der Waals surface area contributed by atoms with Crippen LogP contribution >= 0.6 is 0 Å². The van der Waals surface area contributed by atoms with Gasteiger partial charge in [0.05, 0.1) is 0 Å². The standard InChI is InChI=1S/C32H18.Y/c1-2-9-23-16-26-19-28-20-32-24(17-27(28)18-25(26)15-22(23)8-1)11-6-14-31(32)30-13-5-10-21-7-3-4-12-29(21)30;/h1-12,15-20H;/q-2;. The van der Waals surface area contributed by atoms with Crippen molar-refractivity contribution < 1.29 is 32.7 Å². The minimum Gasteiger partial charge on any atom is -0.218 e. The first-order valence-corrected chi connectivity index (χ1v) is 10.9. The van der Waals surface area contributed by atoms with Gasteiger partial charge in [0, 0.05) is 32.7 Å². The number of hydrogen-bond donors (Lipinski definition) is 0. The Hall–Kier alpha value is -3.06. The summed E-state index contributed by atoms with van der Waals surface area (Å²) in [6, 6.07) is 46.3. The normalized spacial score (nSPS) is 11.4. The summed E-state index contributed by atoms with van der Waals surface area (Å²) in [5.74, 6) is 0. The molecule has 0 aliphatic heterocycles. The van der Waals surface area contributed by atoms with Crippen LogP contribution in [-0.2, 0) is 32.7 Å². The smallest absolute Gasteiger partial charge is 0 e. The second-order valence-corrected chi connectivity index (χ2v) is 8.48. The molecule has 0 aliphatic carbocycles. The fourth-order valence-electron chi connectivity index (χ4n) is 4.98. The second-order valence-electron chi connectivity index (χ2n) is 8.48. The maximum atomic E-state index is 3.51. The van der Waals surface area contributed by atoms with Gasteiger partial charge in [-0.15, -0.1) is 39.7 Å². The molecule has 0 saturated heterocycles. The van der Waals surface area contributed by atoms with E-state index in [1.165, 1.54) is 53.9 Å². The third kappa shape index (κ3) is 3.37. The van der Waals surface area contributed by atoms with Crippen molar-refractivity contribution in [2.75, 3.05) is 0 Å². The van der Waals surface area contributed by atoms with Crippen molar-refractivity contribution in [3.63, 3.8) is 0 Å². The molecule has 1 heteroatoms. The molecule has 1 radical (unpaired) electrons. The molecule has 0 unspecified atom stereocenters. The summed E-state index contributed by atoms with van der Waals surface area (Å²) in [5.41, 5.74) is 2.22. The summed E-state index contributed by atoms with van der Waals surface area (Å²) in [4.78, 5) is 0. The Labute approximate surface area is 217 Å². The molecule has 151 valence electrons. The zero-order chi connectivity index (χ0) is 21.1. The Morgan fingerprint density at radius 2 is 0.818 bits per heavy atom. The Morgan fingerprint density at radius 3 is 1.48 bits per heavy atom. The molecule has 0 spiro atoms. The van der Waals surface area contributed by atoms with Gasteiger partial charge in [0.2, 0.25) is 0 Å². The van der Waals surface area contributed by atoms with Gasteiger partial charge in [-0.3, -0.25) is 0 Å². The predicted octanol–water partition coefficient (Wildman–Crippen LogP) is 8.72. The van der Waals surface area contributed by atoms with E-state index in [1.54, 1.807) is 0 Å². The monoisotopic (exact) mass is 491 g/mol. The van der Waals surface area contributed by atoms with E-state index in [9.17, 15) is 0 Å². The first-order chi connectivity index (χ1) is 15.8. The molecule has 0 aromatic heterocycles. The van der Waals surface area contributed by atoms with Crippen LogP contribution in [-0.4, -0.2) is 0 Å².